The summed E-state index contributed by atoms with van der Waals surface area (Å²) < 4.78 is 5.97. The highest BCUT2D eigenvalue weighted by atomic mass is 16.5. The van der Waals surface area contributed by atoms with Gasteiger partial charge in [-0.2, -0.15) is 0 Å². The van der Waals surface area contributed by atoms with Crippen molar-refractivity contribution in [2.24, 2.45) is 0 Å². The van der Waals surface area contributed by atoms with Gasteiger partial charge in [-0.05, 0) is 45.7 Å². The van der Waals surface area contributed by atoms with Crippen molar-refractivity contribution in [3.05, 3.63) is 34.9 Å². The van der Waals surface area contributed by atoms with Crippen LogP contribution in [-0.2, 0) is 11.2 Å². The van der Waals surface area contributed by atoms with E-state index in [1.807, 2.05) is 0 Å². The van der Waals surface area contributed by atoms with Crippen LogP contribution in [0.3, 0.4) is 0 Å². The normalized spacial score (nSPS) is 14.2. The Labute approximate surface area is 124 Å². The van der Waals surface area contributed by atoms with Gasteiger partial charge >= 0.3 is 0 Å². The zero-order chi connectivity index (χ0) is 15.0. The molecule has 2 heteroatoms. The van der Waals surface area contributed by atoms with Crippen LogP contribution in [-0.4, -0.2) is 25.3 Å². The Bertz CT molecular complexity index is 363. The monoisotopic (exact) mass is 277 g/mol. The molecule has 0 fully saturated rings. The van der Waals surface area contributed by atoms with Gasteiger partial charge in [-0.3, -0.25) is 0 Å². The molecule has 2 unspecified atom stereocenters. The largest absolute Gasteiger partial charge is 0.377 e. The highest BCUT2D eigenvalue weighted by Gasteiger charge is 2.20. The molecule has 0 aliphatic heterocycles. The Balaban J connectivity index is 2.83. The first-order valence-corrected chi connectivity index (χ1v) is 8.02. The maximum atomic E-state index is 5.97. The van der Waals surface area contributed by atoms with Crippen molar-refractivity contribution >= 4 is 0 Å². The summed E-state index contributed by atoms with van der Waals surface area (Å²) >= 11 is 0. The van der Waals surface area contributed by atoms with Gasteiger partial charge in [-0.1, -0.05) is 49.6 Å². The molecule has 0 saturated carbocycles. The van der Waals surface area contributed by atoms with Crippen LogP contribution in [0.5, 0.6) is 0 Å². The molecule has 1 aromatic rings. The highest BCUT2D eigenvalue weighted by Crippen LogP contribution is 2.16. The number of rotatable bonds is 9. The van der Waals surface area contributed by atoms with Crippen molar-refractivity contribution in [3.63, 3.8) is 0 Å². The van der Waals surface area contributed by atoms with E-state index in [0.29, 0.717) is 12.1 Å². The summed E-state index contributed by atoms with van der Waals surface area (Å²) in [4.78, 5) is 0. The second-order valence-corrected chi connectivity index (χ2v) is 5.65. The van der Waals surface area contributed by atoms with Crippen molar-refractivity contribution in [2.75, 3.05) is 13.2 Å². The maximum absolute atomic E-state index is 5.97. The lowest BCUT2D eigenvalue weighted by atomic mass is 9.96. The van der Waals surface area contributed by atoms with Gasteiger partial charge in [0.15, 0.2) is 0 Å². The Morgan fingerprint density at radius 1 is 1.05 bits per heavy atom. The molecular weight excluding hydrogens is 246 g/mol. The van der Waals surface area contributed by atoms with Crippen LogP contribution in [0.4, 0.5) is 0 Å². The number of benzene rings is 1. The molecule has 1 N–H and O–H groups in total. The van der Waals surface area contributed by atoms with Crippen LogP contribution < -0.4 is 5.32 Å². The van der Waals surface area contributed by atoms with E-state index in [9.17, 15) is 0 Å². The number of nitrogens with one attached hydrogen (secondary N) is 1. The van der Waals surface area contributed by atoms with Crippen molar-refractivity contribution in [1.29, 1.82) is 0 Å². The summed E-state index contributed by atoms with van der Waals surface area (Å²) in [5.41, 5.74) is 4.10. The summed E-state index contributed by atoms with van der Waals surface area (Å²) in [6.45, 7) is 12.6. The lowest BCUT2D eigenvalue weighted by molar-refractivity contribution is 0.0285. The zero-order valence-electron chi connectivity index (χ0n) is 13.8. The fourth-order valence-electron chi connectivity index (χ4n) is 2.94. The Morgan fingerprint density at radius 2 is 1.70 bits per heavy atom. The fourth-order valence-corrected chi connectivity index (χ4v) is 2.94. The third kappa shape index (κ3) is 5.64. The Morgan fingerprint density at radius 3 is 2.20 bits per heavy atom. The Kier molecular flexibility index (Phi) is 7.86. The standard InChI is InChI=1S/C18H31NO/c1-6-9-18(20-8-3)17(19-7-2)13-16-11-14(4)10-15(5)12-16/h10-12,17-19H,6-9,13H2,1-5H3. The van der Waals surface area contributed by atoms with Crippen LogP contribution >= 0.6 is 0 Å². The number of hydrogen-bond acceptors (Lipinski definition) is 2. The molecule has 0 aliphatic carbocycles. The molecule has 0 aliphatic rings. The second kappa shape index (κ2) is 9.15. The van der Waals surface area contributed by atoms with Gasteiger partial charge < -0.3 is 10.1 Å². The molecule has 0 aromatic heterocycles. The predicted molar refractivity (Wildman–Crippen MR) is 87.4 cm³/mol. The zero-order valence-corrected chi connectivity index (χ0v) is 13.8. The minimum Gasteiger partial charge on any atom is -0.377 e. The summed E-state index contributed by atoms with van der Waals surface area (Å²) in [5, 5.41) is 3.61. The quantitative estimate of drug-likeness (QED) is 0.736. The summed E-state index contributed by atoms with van der Waals surface area (Å²) in [5.74, 6) is 0. The molecule has 20 heavy (non-hydrogen) atoms. The van der Waals surface area contributed by atoms with Crippen LogP contribution in [0.25, 0.3) is 0 Å². The van der Waals surface area contributed by atoms with Gasteiger partial charge in [0.1, 0.15) is 0 Å². The third-order valence-corrected chi connectivity index (χ3v) is 3.61. The molecule has 0 heterocycles. The molecule has 114 valence electrons. The lowest BCUT2D eigenvalue weighted by Gasteiger charge is -2.28. The van der Waals surface area contributed by atoms with Gasteiger partial charge in [0.05, 0.1) is 6.10 Å². The van der Waals surface area contributed by atoms with Crippen molar-refractivity contribution in [3.8, 4) is 0 Å². The topological polar surface area (TPSA) is 21.3 Å². The molecule has 0 bridgehead atoms. The Hall–Kier alpha value is -0.860. The van der Waals surface area contributed by atoms with Crippen molar-refractivity contribution in [1.82, 2.24) is 5.32 Å². The van der Waals surface area contributed by atoms with Gasteiger partial charge in [0.25, 0.3) is 0 Å². The number of hydrogen-bond donors (Lipinski definition) is 1. The molecule has 1 aromatic carbocycles. The summed E-state index contributed by atoms with van der Waals surface area (Å²) in [6, 6.07) is 7.23. The van der Waals surface area contributed by atoms with E-state index in [4.69, 9.17) is 4.74 Å². The molecule has 0 saturated heterocycles. The van der Waals surface area contributed by atoms with E-state index in [1.165, 1.54) is 23.1 Å². The van der Waals surface area contributed by atoms with E-state index in [0.717, 1.165) is 26.0 Å². The maximum Gasteiger partial charge on any atom is 0.0731 e. The minimum atomic E-state index is 0.311. The lowest BCUT2D eigenvalue weighted by Crippen LogP contribution is -2.43. The van der Waals surface area contributed by atoms with Crippen molar-refractivity contribution in [2.45, 2.75) is 66.0 Å². The van der Waals surface area contributed by atoms with E-state index >= 15 is 0 Å². The van der Waals surface area contributed by atoms with Crippen LogP contribution in [0.1, 0.15) is 50.3 Å². The fraction of sp³-hybridized carbons (Fsp3) is 0.667. The second-order valence-electron chi connectivity index (χ2n) is 5.65. The van der Waals surface area contributed by atoms with Gasteiger partial charge in [-0.15, -0.1) is 0 Å². The van der Waals surface area contributed by atoms with Gasteiger partial charge in [0, 0.05) is 12.6 Å². The van der Waals surface area contributed by atoms with E-state index in [1.54, 1.807) is 0 Å². The van der Waals surface area contributed by atoms with Crippen LogP contribution in [0.2, 0.25) is 0 Å². The number of ether oxygens (including phenoxy) is 1. The third-order valence-electron chi connectivity index (χ3n) is 3.61. The first-order valence-electron chi connectivity index (χ1n) is 8.02. The SMILES string of the molecule is CCCC(OCC)C(Cc1cc(C)cc(C)c1)NCC. The minimum absolute atomic E-state index is 0.311. The first kappa shape index (κ1) is 17.2. The molecule has 1 rings (SSSR count). The molecule has 2 nitrogen and oxygen atoms in total. The van der Waals surface area contributed by atoms with E-state index < -0.39 is 0 Å². The molecule has 2 atom stereocenters. The molecular formula is C18H31NO. The van der Waals surface area contributed by atoms with Crippen LogP contribution in [0, 0.1) is 13.8 Å². The van der Waals surface area contributed by atoms with E-state index in [2.05, 4.69) is 58.1 Å². The summed E-state index contributed by atoms with van der Waals surface area (Å²) in [6.07, 6.45) is 3.64. The molecule has 0 radical (unpaired) electrons. The molecule has 0 amide bonds. The van der Waals surface area contributed by atoms with E-state index in [-0.39, 0.29) is 0 Å². The molecule has 0 spiro atoms. The van der Waals surface area contributed by atoms with Gasteiger partial charge in [-0.25, -0.2) is 0 Å². The number of likely N-dealkylation sites (N-methyl/N-ethyl adjacent to an activating group) is 1. The van der Waals surface area contributed by atoms with Gasteiger partial charge in [0.2, 0.25) is 0 Å². The predicted octanol–water partition coefficient (Wildman–Crippen LogP) is 4.03. The van der Waals surface area contributed by atoms with Crippen LogP contribution in [0.15, 0.2) is 18.2 Å². The first-order chi connectivity index (χ1) is 9.60. The van der Waals surface area contributed by atoms with Crippen molar-refractivity contribution < 1.29 is 4.74 Å². The number of aryl methyl sites for hydroxylation is 2. The smallest absolute Gasteiger partial charge is 0.0731 e. The average Bonchev–Trinajstić information content (AvgIpc) is 2.37. The summed E-state index contributed by atoms with van der Waals surface area (Å²) in [7, 11) is 0. The average molecular weight is 277 g/mol. The highest BCUT2D eigenvalue weighted by molar-refractivity contribution is 5.29.